The lowest BCUT2D eigenvalue weighted by molar-refractivity contribution is -0.124. The molecule has 0 radical (unpaired) electrons. The Balaban J connectivity index is 1.45. The van der Waals surface area contributed by atoms with Gasteiger partial charge in [0, 0.05) is 25.3 Å². The van der Waals surface area contributed by atoms with Crippen LogP contribution >= 0.6 is 22.9 Å². The van der Waals surface area contributed by atoms with Gasteiger partial charge in [-0.2, -0.15) is 0 Å². The molecule has 0 spiro atoms. The van der Waals surface area contributed by atoms with Gasteiger partial charge in [-0.05, 0) is 55.7 Å². The highest BCUT2D eigenvalue weighted by Gasteiger charge is 2.39. The van der Waals surface area contributed by atoms with Crippen molar-refractivity contribution in [2.75, 3.05) is 29.5 Å². The molecule has 2 unspecified atom stereocenters. The third-order valence-corrected chi connectivity index (χ3v) is 7.74. The van der Waals surface area contributed by atoms with E-state index in [4.69, 9.17) is 21.3 Å². The normalized spacial score (nSPS) is 20.7. The summed E-state index contributed by atoms with van der Waals surface area (Å²) >= 11 is 7.79. The van der Waals surface area contributed by atoms with E-state index in [1.807, 2.05) is 19.1 Å². The van der Waals surface area contributed by atoms with Gasteiger partial charge < -0.3 is 9.64 Å². The SMILES string of the molecule is Cc1ccc(Cl)c2sc(N(CC3CCCO3)C(=O)C3CC(=O)N(c4ccc(F)cc4)C3)nc12. The van der Waals surface area contributed by atoms with Crippen molar-refractivity contribution >= 4 is 55.8 Å². The first-order valence-electron chi connectivity index (χ1n) is 11.0. The van der Waals surface area contributed by atoms with Gasteiger partial charge in [-0.25, -0.2) is 9.37 Å². The van der Waals surface area contributed by atoms with Gasteiger partial charge in [-0.15, -0.1) is 0 Å². The Morgan fingerprint density at radius 1 is 1.30 bits per heavy atom. The monoisotopic (exact) mass is 487 g/mol. The lowest BCUT2D eigenvalue weighted by Gasteiger charge is -2.25. The molecule has 2 saturated heterocycles. The van der Waals surface area contributed by atoms with Gasteiger partial charge in [0.05, 0.1) is 33.8 Å². The molecule has 2 aliphatic rings. The van der Waals surface area contributed by atoms with Crippen LogP contribution in [0.2, 0.25) is 5.02 Å². The zero-order valence-electron chi connectivity index (χ0n) is 18.1. The number of carbonyl (C=O) groups is 2. The molecule has 2 atom stereocenters. The molecule has 0 N–H and O–H groups in total. The Morgan fingerprint density at radius 3 is 2.79 bits per heavy atom. The number of rotatable bonds is 5. The molecule has 5 rings (SSSR count). The van der Waals surface area contributed by atoms with Crippen LogP contribution in [0.25, 0.3) is 10.2 Å². The lowest BCUT2D eigenvalue weighted by atomic mass is 10.1. The lowest BCUT2D eigenvalue weighted by Crippen LogP contribution is -2.42. The Hall–Kier alpha value is -2.55. The second-order valence-electron chi connectivity index (χ2n) is 8.50. The summed E-state index contributed by atoms with van der Waals surface area (Å²) in [5.74, 6) is -1.20. The number of aromatic nitrogens is 1. The van der Waals surface area contributed by atoms with E-state index >= 15 is 0 Å². The van der Waals surface area contributed by atoms with Crippen molar-refractivity contribution in [1.82, 2.24) is 4.98 Å². The number of ether oxygens (including phenoxy) is 1. The van der Waals surface area contributed by atoms with Crippen molar-refractivity contribution in [3.63, 3.8) is 0 Å². The van der Waals surface area contributed by atoms with Crippen LogP contribution in [-0.2, 0) is 14.3 Å². The van der Waals surface area contributed by atoms with Crippen LogP contribution in [0.15, 0.2) is 36.4 Å². The number of carbonyl (C=O) groups excluding carboxylic acids is 2. The highest BCUT2D eigenvalue weighted by Crippen LogP contribution is 2.37. The molecular weight excluding hydrogens is 465 g/mol. The zero-order chi connectivity index (χ0) is 23.1. The van der Waals surface area contributed by atoms with Crippen LogP contribution in [-0.4, -0.2) is 42.6 Å². The number of nitrogens with zero attached hydrogens (tertiary/aromatic N) is 3. The number of benzene rings is 2. The number of hydrogen-bond acceptors (Lipinski definition) is 5. The number of halogens is 2. The topological polar surface area (TPSA) is 62.7 Å². The van der Waals surface area contributed by atoms with Crippen molar-refractivity contribution in [3.8, 4) is 0 Å². The summed E-state index contributed by atoms with van der Waals surface area (Å²) in [5, 5.41) is 1.16. The Morgan fingerprint density at radius 2 is 2.09 bits per heavy atom. The van der Waals surface area contributed by atoms with Crippen molar-refractivity contribution in [2.24, 2.45) is 5.92 Å². The average Bonchev–Trinajstić information content (AvgIpc) is 3.55. The smallest absolute Gasteiger partial charge is 0.234 e. The first-order valence-corrected chi connectivity index (χ1v) is 12.1. The summed E-state index contributed by atoms with van der Waals surface area (Å²) in [5.41, 5.74) is 2.35. The largest absolute Gasteiger partial charge is 0.376 e. The molecule has 9 heteroatoms. The molecule has 6 nitrogen and oxygen atoms in total. The molecule has 2 aliphatic heterocycles. The Labute approximate surface area is 199 Å². The predicted octanol–water partition coefficient (Wildman–Crippen LogP) is 4.96. The van der Waals surface area contributed by atoms with Crippen LogP contribution in [0, 0.1) is 18.7 Å². The molecule has 2 amide bonds. The molecule has 3 aromatic rings. The molecule has 0 saturated carbocycles. The standard InChI is InChI=1S/C24H23ClFN3O3S/c1-14-4-9-19(25)22-21(14)27-24(33-22)29(13-18-3-2-10-32-18)23(31)15-11-20(30)28(12-15)17-7-5-16(26)6-8-17/h4-9,15,18H,2-3,10-13H2,1H3. The molecule has 172 valence electrons. The molecule has 33 heavy (non-hydrogen) atoms. The minimum Gasteiger partial charge on any atom is -0.376 e. The van der Waals surface area contributed by atoms with E-state index in [0.717, 1.165) is 28.6 Å². The summed E-state index contributed by atoms with van der Waals surface area (Å²) in [7, 11) is 0. The minimum atomic E-state index is -0.521. The van der Waals surface area contributed by atoms with Crippen molar-refractivity contribution in [1.29, 1.82) is 0 Å². The second kappa shape index (κ2) is 9.00. The average molecular weight is 488 g/mol. The minimum absolute atomic E-state index is 0.0668. The van der Waals surface area contributed by atoms with E-state index in [-0.39, 0.29) is 36.7 Å². The maximum Gasteiger partial charge on any atom is 0.234 e. The third-order valence-electron chi connectivity index (χ3n) is 6.21. The number of thiazole rings is 1. The molecule has 1 aromatic heterocycles. The van der Waals surface area contributed by atoms with E-state index in [2.05, 4.69) is 0 Å². The van der Waals surface area contributed by atoms with Gasteiger partial charge >= 0.3 is 0 Å². The second-order valence-corrected chi connectivity index (χ2v) is 9.89. The molecule has 0 bridgehead atoms. The van der Waals surface area contributed by atoms with Gasteiger partial charge in [0.25, 0.3) is 0 Å². The van der Waals surface area contributed by atoms with Gasteiger partial charge in [-0.1, -0.05) is 29.0 Å². The van der Waals surface area contributed by atoms with Gasteiger partial charge in [-0.3, -0.25) is 14.5 Å². The molecule has 0 aliphatic carbocycles. The number of hydrogen-bond donors (Lipinski definition) is 0. The first-order chi connectivity index (χ1) is 15.9. The summed E-state index contributed by atoms with van der Waals surface area (Å²) in [6.07, 6.45) is 1.86. The third kappa shape index (κ3) is 4.35. The number of amides is 2. The van der Waals surface area contributed by atoms with E-state index in [1.54, 1.807) is 21.9 Å². The van der Waals surface area contributed by atoms with Gasteiger partial charge in [0.2, 0.25) is 11.8 Å². The zero-order valence-corrected chi connectivity index (χ0v) is 19.7. The van der Waals surface area contributed by atoms with Crippen molar-refractivity contribution in [2.45, 2.75) is 32.3 Å². The quantitative estimate of drug-likeness (QED) is 0.510. The fraction of sp³-hybridized carbons (Fsp3) is 0.375. The number of fused-ring (bicyclic) bond motifs is 1. The summed E-state index contributed by atoms with van der Waals surface area (Å²) in [4.78, 5) is 34.4. The maximum atomic E-state index is 13.7. The van der Waals surface area contributed by atoms with E-state index in [0.29, 0.717) is 29.0 Å². The number of anilines is 2. The number of aryl methyl sites for hydroxylation is 1. The van der Waals surface area contributed by atoms with Crippen LogP contribution in [0.1, 0.15) is 24.8 Å². The van der Waals surface area contributed by atoms with Gasteiger partial charge in [0.15, 0.2) is 5.13 Å². The predicted molar refractivity (Wildman–Crippen MR) is 128 cm³/mol. The summed E-state index contributed by atoms with van der Waals surface area (Å²) in [6, 6.07) is 9.49. The molecule has 2 fully saturated rings. The van der Waals surface area contributed by atoms with Crippen LogP contribution in [0.4, 0.5) is 15.2 Å². The van der Waals surface area contributed by atoms with Crippen molar-refractivity contribution in [3.05, 3.63) is 52.8 Å². The molecule has 2 aromatic carbocycles. The highest BCUT2D eigenvalue weighted by molar-refractivity contribution is 7.23. The Kier molecular flexibility index (Phi) is 6.07. The highest BCUT2D eigenvalue weighted by atomic mass is 35.5. The summed E-state index contributed by atoms with van der Waals surface area (Å²) < 4.78 is 20.0. The van der Waals surface area contributed by atoms with E-state index < -0.39 is 5.92 Å². The van der Waals surface area contributed by atoms with Crippen LogP contribution in [0.3, 0.4) is 0 Å². The van der Waals surface area contributed by atoms with Crippen LogP contribution < -0.4 is 9.80 Å². The maximum absolute atomic E-state index is 13.7. The molecular formula is C24H23ClFN3O3S. The summed E-state index contributed by atoms with van der Waals surface area (Å²) in [6.45, 7) is 3.27. The Bertz CT molecular complexity index is 1170. The fourth-order valence-electron chi connectivity index (χ4n) is 4.42. The van der Waals surface area contributed by atoms with Gasteiger partial charge in [0.1, 0.15) is 5.82 Å². The first kappa shape index (κ1) is 22.3. The van der Waals surface area contributed by atoms with Crippen LogP contribution in [0.5, 0.6) is 0 Å². The van der Waals surface area contributed by atoms with E-state index in [1.165, 1.54) is 23.5 Å². The van der Waals surface area contributed by atoms with E-state index in [9.17, 15) is 14.0 Å². The fourth-order valence-corrected chi connectivity index (χ4v) is 5.76. The molecule has 3 heterocycles. The van der Waals surface area contributed by atoms with Crippen molar-refractivity contribution < 1.29 is 18.7 Å².